The van der Waals surface area contributed by atoms with Crippen molar-refractivity contribution in [2.45, 2.75) is 26.4 Å². The van der Waals surface area contributed by atoms with Crippen molar-refractivity contribution in [3.05, 3.63) is 23.8 Å². The topological polar surface area (TPSA) is 47.6 Å². The molecule has 96 valence electrons. The highest BCUT2D eigenvalue weighted by Gasteiger charge is 2.17. The zero-order valence-electron chi connectivity index (χ0n) is 11.0. The minimum Gasteiger partial charge on any atom is -0.497 e. The second-order valence-electron chi connectivity index (χ2n) is 4.68. The fourth-order valence-electron chi connectivity index (χ4n) is 1.29. The third kappa shape index (κ3) is 4.02. The van der Waals surface area contributed by atoms with Gasteiger partial charge in [0, 0.05) is 11.6 Å². The van der Waals surface area contributed by atoms with Crippen LogP contribution in [0.15, 0.2) is 18.2 Å². The molecule has 0 aliphatic heterocycles. The Kier molecular flexibility index (Phi) is 4.22. The van der Waals surface area contributed by atoms with Gasteiger partial charge in [-0.2, -0.15) is 0 Å². The van der Waals surface area contributed by atoms with Crippen molar-refractivity contribution in [3.8, 4) is 18.1 Å². The number of hydrogen-bond donors (Lipinski definition) is 1. The Bertz CT molecular complexity index is 481. The number of rotatable bonds is 2. The highest BCUT2D eigenvalue weighted by atomic mass is 16.6. The van der Waals surface area contributed by atoms with Crippen LogP contribution in [0.1, 0.15) is 26.3 Å². The van der Waals surface area contributed by atoms with Gasteiger partial charge >= 0.3 is 6.09 Å². The van der Waals surface area contributed by atoms with E-state index in [1.165, 1.54) is 0 Å². The van der Waals surface area contributed by atoms with Gasteiger partial charge in [-0.25, -0.2) is 4.79 Å². The van der Waals surface area contributed by atoms with Crippen LogP contribution in [-0.4, -0.2) is 18.8 Å². The van der Waals surface area contributed by atoms with Gasteiger partial charge in [0.05, 0.1) is 12.8 Å². The molecule has 1 N–H and O–H groups in total. The fourth-order valence-corrected chi connectivity index (χ4v) is 1.29. The maximum atomic E-state index is 11.7. The Morgan fingerprint density at radius 2 is 2.06 bits per heavy atom. The van der Waals surface area contributed by atoms with E-state index in [4.69, 9.17) is 15.9 Å². The molecule has 1 rings (SSSR count). The van der Waals surface area contributed by atoms with Gasteiger partial charge in [0.2, 0.25) is 0 Å². The molecule has 0 bridgehead atoms. The molecule has 0 atom stereocenters. The van der Waals surface area contributed by atoms with E-state index in [1.807, 2.05) is 0 Å². The lowest BCUT2D eigenvalue weighted by atomic mass is 10.2. The molecular weight excluding hydrogens is 230 g/mol. The lowest BCUT2D eigenvalue weighted by molar-refractivity contribution is 0.0636. The maximum Gasteiger partial charge on any atom is 0.412 e. The molecule has 1 amide bonds. The summed E-state index contributed by atoms with van der Waals surface area (Å²) >= 11 is 0. The van der Waals surface area contributed by atoms with Gasteiger partial charge in [0.15, 0.2) is 0 Å². The first kappa shape index (κ1) is 13.9. The Balaban J connectivity index is 2.89. The molecule has 1 aromatic carbocycles. The van der Waals surface area contributed by atoms with E-state index >= 15 is 0 Å². The predicted octanol–water partition coefficient (Wildman–Crippen LogP) is 3.02. The van der Waals surface area contributed by atoms with Crippen LogP contribution in [0, 0.1) is 12.3 Å². The predicted molar refractivity (Wildman–Crippen MR) is 70.8 cm³/mol. The van der Waals surface area contributed by atoms with Crippen molar-refractivity contribution in [3.63, 3.8) is 0 Å². The monoisotopic (exact) mass is 247 g/mol. The molecule has 0 aliphatic carbocycles. The van der Waals surface area contributed by atoms with Crippen molar-refractivity contribution in [1.82, 2.24) is 0 Å². The summed E-state index contributed by atoms with van der Waals surface area (Å²) < 4.78 is 10.2. The zero-order chi connectivity index (χ0) is 13.8. The fraction of sp³-hybridized carbons (Fsp3) is 0.357. The summed E-state index contributed by atoms with van der Waals surface area (Å²) in [6.45, 7) is 5.38. The minimum absolute atomic E-state index is 0.492. The van der Waals surface area contributed by atoms with Crippen molar-refractivity contribution in [1.29, 1.82) is 0 Å². The number of carbonyl (C=O) groups is 1. The van der Waals surface area contributed by atoms with E-state index in [-0.39, 0.29) is 0 Å². The van der Waals surface area contributed by atoms with Crippen molar-refractivity contribution in [2.75, 3.05) is 12.4 Å². The summed E-state index contributed by atoms with van der Waals surface area (Å²) in [5, 5.41) is 2.61. The molecule has 0 fully saturated rings. The smallest absolute Gasteiger partial charge is 0.412 e. The molecule has 0 aliphatic rings. The lowest BCUT2D eigenvalue weighted by Crippen LogP contribution is -2.27. The van der Waals surface area contributed by atoms with Gasteiger partial charge in [0.1, 0.15) is 11.4 Å². The van der Waals surface area contributed by atoms with E-state index in [2.05, 4.69) is 11.2 Å². The quantitative estimate of drug-likeness (QED) is 0.817. The molecule has 18 heavy (non-hydrogen) atoms. The maximum absolute atomic E-state index is 11.7. The third-order valence-corrected chi connectivity index (χ3v) is 2.02. The van der Waals surface area contributed by atoms with Crippen LogP contribution in [0.5, 0.6) is 5.75 Å². The number of nitrogens with one attached hydrogen (secondary N) is 1. The first-order valence-electron chi connectivity index (χ1n) is 5.50. The standard InChI is InChI=1S/C14H17NO3/c1-6-10-7-8-11(17-5)9-12(10)15-13(16)18-14(2,3)4/h1,7-9H,2-5H3,(H,15,16). The number of methoxy groups -OCH3 is 1. The number of amides is 1. The second-order valence-corrected chi connectivity index (χ2v) is 4.68. The summed E-state index contributed by atoms with van der Waals surface area (Å²) in [5.74, 6) is 3.10. The molecular formula is C14H17NO3. The van der Waals surface area contributed by atoms with Crippen molar-refractivity contribution >= 4 is 11.8 Å². The van der Waals surface area contributed by atoms with E-state index in [0.29, 0.717) is 17.0 Å². The molecule has 0 spiro atoms. The Hall–Kier alpha value is -2.15. The highest BCUT2D eigenvalue weighted by molar-refractivity contribution is 5.87. The van der Waals surface area contributed by atoms with Crippen LogP contribution in [0.3, 0.4) is 0 Å². The number of terminal acetylenes is 1. The normalized spacial score (nSPS) is 10.4. The first-order valence-corrected chi connectivity index (χ1v) is 5.50. The summed E-state index contributed by atoms with van der Waals surface area (Å²) in [4.78, 5) is 11.7. The Labute approximate surface area is 107 Å². The number of hydrogen-bond acceptors (Lipinski definition) is 3. The van der Waals surface area contributed by atoms with Crippen molar-refractivity contribution < 1.29 is 14.3 Å². The summed E-state index contributed by atoms with van der Waals surface area (Å²) in [6.07, 6.45) is 4.81. The second kappa shape index (κ2) is 5.46. The van der Waals surface area contributed by atoms with Gasteiger partial charge in [0.25, 0.3) is 0 Å². The Morgan fingerprint density at radius 3 is 2.56 bits per heavy atom. The molecule has 1 aromatic rings. The molecule has 0 saturated carbocycles. The number of carbonyl (C=O) groups excluding carboxylic acids is 1. The molecule has 0 saturated heterocycles. The molecule has 4 heteroatoms. The molecule has 4 nitrogen and oxygen atoms in total. The van der Waals surface area contributed by atoms with Crippen LogP contribution < -0.4 is 10.1 Å². The van der Waals surface area contributed by atoms with Crippen LogP contribution in [-0.2, 0) is 4.74 Å². The molecule has 0 aromatic heterocycles. The molecule has 0 radical (unpaired) electrons. The van der Waals surface area contributed by atoms with E-state index in [9.17, 15) is 4.79 Å². The van der Waals surface area contributed by atoms with Gasteiger partial charge in [-0.15, -0.1) is 6.42 Å². The van der Waals surface area contributed by atoms with Gasteiger partial charge in [-0.05, 0) is 32.9 Å². The summed E-state index contributed by atoms with van der Waals surface area (Å²) in [7, 11) is 1.54. The van der Waals surface area contributed by atoms with Gasteiger partial charge in [-0.3, -0.25) is 5.32 Å². The average molecular weight is 247 g/mol. The van der Waals surface area contributed by atoms with Crippen LogP contribution in [0.2, 0.25) is 0 Å². The van der Waals surface area contributed by atoms with E-state index in [0.717, 1.165) is 0 Å². The minimum atomic E-state index is -0.556. The Morgan fingerprint density at radius 1 is 1.39 bits per heavy atom. The average Bonchev–Trinajstić information content (AvgIpc) is 2.26. The number of benzene rings is 1. The van der Waals surface area contributed by atoms with Crippen LogP contribution in [0.25, 0.3) is 0 Å². The largest absolute Gasteiger partial charge is 0.497 e. The third-order valence-electron chi connectivity index (χ3n) is 2.02. The lowest BCUT2D eigenvalue weighted by Gasteiger charge is -2.20. The van der Waals surface area contributed by atoms with Gasteiger partial charge in [-0.1, -0.05) is 5.92 Å². The van der Waals surface area contributed by atoms with Gasteiger partial charge < -0.3 is 9.47 Å². The molecule has 0 unspecified atom stereocenters. The van der Waals surface area contributed by atoms with E-state index < -0.39 is 11.7 Å². The summed E-state index contributed by atoms with van der Waals surface area (Å²) in [6, 6.07) is 5.08. The van der Waals surface area contributed by atoms with Crippen LogP contribution in [0.4, 0.5) is 10.5 Å². The van der Waals surface area contributed by atoms with Crippen LogP contribution >= 0.6 is 0 Å². The van der Waals surface area contributed by atoms with Crippen molar-refractivity contribution in [2.24, 2.45) is 0 Å². The number of anilines is 1. The highest BCUT2D eigenvalue weighted by Crippen LogP contribution is 2.22. The van der Waals surface area contributed by atoms with E-state index in [1.54, 1.807) is 46.1 Å². The number of ether oxygens (including phenoxy) is 2. The summed E-state index contributed by atoms with van der Waals surface area (Å²) in [5.41, 5.74) is 0.506. The zero-order valence-corrected chi connectivity index (χ0v) is 11.0. The SMILES string of the molecule is C#Cc1ccc(OC)cc1NC(=O)OC(C)(C)C. The first-order chi connectivity index (χ1) is 8.35. The molecule has 0 heterocycles.